The van der Waals surface area contributed by atoms with Gasteiger partial charge in [-0.25, -0.2) is 0 Å². The number of carbonyl (C=O) groups is 1. The van der Waals surface area contributed by atoms with E-state index in [9.17, 15) is 4.79 Å². The Kier molecular flexibility index (Phi) is 4.62. The molecule has 1 aliphatic carbocycles. The van der Waals surface area contributed by atoms with Gasteiger partial charge in [-0.3, -0.25) is 4.79 Å². The smallest absolute Gasteiger partial charge is 0.225 e. The van der Waals surface area contributed by atoms with Gasteiger partial charge in [-0.2, -0.15) is 0 Å². The molecule has 1 aliphatic heterocycles. The molecule has 4 heteroatoms. The zero-order valence-corrected chi connectivity index (χ0v) is 11.8. The molecule has 1 saturated carbocycles. The monoisotopic (exact) mass is 253 g/mol. The van der Waals surface area contributed by atoms with Gasteiger partial charge >= 0.3 is 0 Å². The Balaban J connectivity index is 1.88. The lowest BCUT2D eigenvalue weighted by Gasteiger charge is -2.38. The number of hydrogen-bond donors (Lipinski definition) is 1. The van der Waals surface area contributed by atoms with Crippen molar-refractivity contribution in [3.8, 4) is 0 Å². The molecule has 0 spiro atoms. The Bertz CT molecular complexity index is 285. The molecular formula is C14H27N3O. The highest BCUT2D eigenvalue weighted by Gasteiger charge is 2.31. The summed E-state index contributed by atoms with van der Waals surface area (Å²) in [6.45, 7) is 1.86. The standard InChI is InChI=1S/C14H27N3O/c1-16(2)13-4-3-9-17(10-13)14(18)11-5-7-12(15)8-6-11/h11-13H,3-10,15H2,1-2H3. The molecule has 0 aromatic carbocycles. The van der Waals surface area contributed by atoms with Crippen LogP contribution in [-0.2, 0) is 4.79 Å². The van der Waals surface area contributed by atoms with Crippen molar-refractivity contribution < 1.29 is 4.79 Å². The van der Waals surface area contributed by atoms with Crippen LogP contribution in [0.5, 0.6) is 0 Å². The summed E-state index contributed by atoms with van der Waals surface area (Å²) in [5.74, 6) is 0.624. The average molecular weight is 253 g/mol. The summed E-state index contributed by atoms with van der Waals surface area (Å²) in [6.07, 6.45) is 6.36. The first-order chi connectivity index (χ1) is 8.58. The number of nitrogens with two attached hydrogens (primary N) is 1. The van der Waals surface area contributed by atoms with Crippen molar-refractivity contribution in [3.63, 3.8) is 0 Å². The van der Waals surface area contributed by atoms with Crippen LogP contribution in [0, 0.1) is 5.92 Å². The van der Waals surface area contributed by atoms with E-state index in [0.29, 0.717) is 18.0 Å². The van der Waals surface area contributed by atoms with E-state index in [4.69, 9.17) is 5.73 Å². The predicted molar refractivity (Wildman–Crippen MR) is 73.2 cm³/mol. The van der Waals surface area contributed by atoms with Crippen LogP contribution in [0.1, 0.15) is 38.5 Å². The molecule has 104 valence electrons. The fourth-order valence-electron chi connectivity index (χ4n) is 3.20. The Morgan fingerprint density at radius 3 is 2.44 bits per heavy atom. The van der Waals surface area contributed by atoms with Crippen molar-refractivity contribution in [3.05, 3.63) is 0 Å². The molecule has 4 nitrogen and oxygen atoms in total. The summed E-state index contributed by atoms with van der Waals surface area (Å²) in [5, 5.41) is 0. The molecule has 1 amide bonds. The van der Waals surface area contributed by atoms with Gasteiger partial charge in [0.2, 0.25) is 5.91 Å². The van der Waals surface area contributed by atoms with Gasteiger partial charge in [0.25, 0.3) is 0 Å². The minimum Gasteiger partial charge on any atom is -0.341 e. The van der Waals surface area contributed by atoms with Crippen LogP contribution < -0.4 is 5.73 Å². The van der Waals surface area contributed by atoms with Crippen LogP contribution in [0.4, 0.5) is 0 Å². The van der Waals surface area contributed by atoms with E-state index >= 15 is 0 Å². The fraction of sp³-hybridized carbons (Fsp3) is 0.929. The molecule has 2 fully saturated rings. The van der Waals surface area contributed by atoms with Gasteiger partial charge in [-0.1, -0.05) is 0 Å². The van der Waals surface area contributed by atoms with Crippen molar-refractivity contribution in [2.45, 2.75) is 50.6 Å². The zero-order valence-electron chi connectivity index (χ0n) is 11.8. The highest BCUT2D eigenvalue weighted by molar-refractivity contribution is 5.79. The van der Waals surface area contributed by atoms with Crippen LogP contribution in [0.15, 0.2) is 0 Å². The molecule has 0 aromatic heterocycles. The minimum absolute atomic E-state index is 0.241. The quantitative estimate of drug-likeness (QED) is 0.800. The summed E-state index contributed by atoms with van der Waals surface area (Å²) in [5.41, 5.74) is 5.91. The van der Waals surface area contributed by atoms with E-state index in [0.717, 1.165) is 45.2 Å². The lowest BCUT2D eigenvalue weighted by Crippen LogP contribution is -2.49. The molecule has 2 rings (SSSR count). The maximum Gasteiger partial charge on any atom is 0.225 e. The summed E-state index contributed by atoms with van der Waals surface area (Å²) in [4.78, 5) is 16.8. The van der Waals surface area contributed by atoms with Gasteiger partial charge in [0, 0.05) is 31.1 Å². The highest BCUT2D eigenvalue weighted by Crippen LogP contribution is 2.26. The topological polar surface area (TPSA) is 49.6 Å². The summed E-state index contributed by atoms with van der Waals surface area (Å²) in [7, 11) is 4.22. The molecule has 1 atom stereocenters. The van der Waals surface area contributed by atoms with E-state index in [-0.39, 0.29) is 5.92 Å². The first-order valence-electron chi connectivity index (χ1n) is 7.28. The largest absolute Gasteiger partial charge is 0.341 e. The predicted octanol–water partition coefficient (Wildman–Crippen LogP) is 1.06. The third-order valence-corrected chi connectivity index (χ3v) is 4.56. The highest BCUT2D eigenvalue weighted by atomic mass is 16.2. The molecule has 0 bridgehead atoms. The molecule has 0 aromatic rings. The zero-order chi connectivity index (χ0) is 13.1. The lowest BCUT2D eigenvalue weighted by molar-refractivity contribution is -0.138. The van der Waals surface area contributed by atoms with Crippen LogP contribution >= 0.6 is 0 Å². The van der Waals surface area contributed by atoms with Crippen LogP contribution in [-0.4, -0.2) is 55.0 Å². The van der Waals surface area contributed by atoms with Crippen molar-refractivity contribution in [2.75, 3.05) is 27.2 Å². The second-order valence-electron chi connectivity index (χ2n) is 6.16. The lowest BCUT2D eigenvalue weighted by atomic mass is 9.85. The van der Waals surface area contributed by atoms with E-state index in [1.54, 1.807) is 0 Å². The number of likely N-dealkylation sites (tertiary alicyclic amines) is 1. The first kappa shape index (κ1) is 13.8. The Hall–Kier alpha value is -0.610. The van der Waals surface area contributed by atoms with Gasteiger partial charge in [0.15, 0.2) is 0 Å². The van der Waals surface area contributed by atoms with E-state index in [2.05, 4.69) is 23.9 Å². The van der Waals surface area contributed by atoms with Crippen LogP contribution in [0.25, 0.3) is 0 Å². The SMILES string of the molecule is CN(C)C1CCCN(C(=O)C2CCC(N)CC2)C1. The number of piperidine rings is 1. The van der Waals surface area contributed by atoms with Gasteiger partial charge in [-0.05, 0) is 52.6 Å². The van der Waals surface area contributed by atoms with Gasteiger partial charge < -0.3 is 15.5 Å². The van der Waals surface area contributed by atoms with E-state index < -0.39 is 0 Å². The summed E-state index contributed by atoms with van der Waals surface area (Å²) < 4.78 is 0. The van der Waals surface area contributed by atoms with E-state index in [1.165, 1.54) is 6.42 Å². The van der Waals surface area contributed by atoms with Crippen LogP contribution in [0.2, 0.25) is 0 Å². The van der Waals surface area contributed by atoms with Crippen molar-refractivity contribution in [2.24, 2.45) is 11.7 Å². The second kappa shape index (κ2) is 6.02. The molecule has 0 radical (unpaired) electrons. The summed E-state index contributed by atoms with van der Waals surface area (Å²) in [6, 6.07) is 0.860. The number of likely N-dealkylation sites (N-methyl/N-ethyl adjacent to an activating group) is 1. The Morgan fingerprint density at radius 1 is 1.17 bits per heavy atom. The molecule has 2 aliphatic rings. The third kappa shape index (κ3) is 3.23. The number of nitrogens with zero attached hydrogens (tertiary/aromatic N) is 2. The minimum atomic E-state index is 0.241. The Labute approximate surface area is 110 Å². The molecule has 1 heterocycles. The van der Waals surface area contributed by atoms with Gasteiger partial charge in [0.1, 0.15) is 0 Å². The fourth-order valence-corrected chi connectivity index (χ4v) is 3.20. The maximum absolute atomic E-state index is 12.5. The first-order valence-corrected chi connectivity index (χ1v) is 7.28. The van der Waals surface area contributed by atoms with Crippen molar-refractivity contribution in [1.82, 2.24) is 9.80 Å². The second-order valence-corrected chi connectivity index (χ2v) is 6.16. The summed E-state index contributed by atoms with van der Waals surface area (Å²) >= 11 is 0. The van der Waals surface area contributed by atoms with Crippen LogP contribution in [0.3, 0.4) is 0 Å². The van der Waals surface area contributed by atoms with Gasteiger partial charge in [-0.15, -0.1) is 0 Å². The normalized spacial score (nSPS) is 33.8. The van der Waals surface area contributed by atoms with Crippen molar-refractivity contribution in [1.29, 1.82) is 0 Å². The van der Waals surface area contributed by atoms with Crippen molar-refractivity contribution >= 4 is 5.91 Å². The Morgan fingerprint density at radius 2 is 1.83 bits per heavy atom. The molecular weight excluding hydrogens is 226 g/mol. The third-order valence-electron chi connectivity index (χ3n) is 4.56. The molecule has 1 saturated heterocycles. The number of carbonyl (C=O) groups excluding carboxylic acids is 1. The number of hydrogen-bond acceptors (Lipinski definition) is 3. The molecule has 2 N–H and O–H groups in total. The maximum atomic E-state index is 12.5. The van der Waals surface area contributed by atoms with E-state index in [1.807, 2.05) is 0 Å². The number of amides is 1. The number of rotatable bonds is 2. The average Bonchev–Trinajstić information content (AvgIpc) is 2.39. The molecule has 18 heavy (non-hydrogen) atoms. The van der Waals surface area contributed by atoms with Gasteiger partial charge in [0.05, 0.1) is 0 Å². The molecule has 1 unspecified atom stereocenters.